The molecule has 0 heterocycles. The molecular weight excluding hydrogens is 272 g/mol. The van der Waals surface area contributed by atoms with Crippen molar-refractivity contribution in [1.29, 1.82) is 0 Å². The molecule has 0 atom stereocenters. The lowest BCUT2D eigenvalue weighted by molar-refractivity contribution is -0.120. The molecule has 0 radical (unpaired) electrons. The summed E-state index contributed by atoms with van der Waals surface area (Å²) in [6.45, 7) is 2.03. The summed E-state index contributed by atoms with van der Waals surface area (Å²) in [4.78, 5) is 34.7. The normalized spacial score (nSPS) is 9.81. The first kappa shape index (κ1) is 16.7. The van der Waals surface area contributed by atoms with Gasteiger partial charge in [-0.1, -0.05) is 19.8 Å². The fraction of sp³-hybridized carbons (Fsp3) is 0.400. The fourth-order valence-corrected chi connectivity index (χ4v) is 1.67. The van der Waals surface area contributed by atoms with Crippen LogP contribution in [0, 0.1) is 0 Å². The van der Waals surface area contributed by atoms with Gasteiger partial charge in [0.2, 0.25) is 5.91 Å². The highest BCUT2D eigenvalue weighted by Gasteiger charge is 2.12. The Morgan fingerprint density at radius 3 is 2.29 bits per heavy atom. The van der Waals surface area contributed by atoms with E-state index in [0.717, 1.165) is 19.3 Å². The topological polar surface area (TPSA) is 84.5 Å². The Kier molecular flexibility index (Phi) is 6.94. The molecule has 6 heteroatoms. The van der Waals surface area contributed by atoms with Crippen LogP contribution in [0.3, 0.4) is 0 Å². The number of hydrogen-bond acceptors (Lipinski definition) is 4. The van der Waals surface area contributed by atoms with E-state index in [1.165, 1.54) is 19.2 Å². The average molecular weight is 292 g/mol. The number of carbonyl (C=O) groups is 3. The van der Waals surface area contributed by atoms with Gasteiger partial charge in [0.05, 0.1) is 7.11 Å². The summed E-state index contributed by atoms with van der Waals surface area (Å²) in [5.74, 6) is -0.345. The van der Waals surface area contributed by atoms with Gasteiger partial charge in [0.25, 0.3) is 5.91 Å². The van der Waals surface area contributed by atoms with Crippen molar-refractivity contribution in [1.82, 2.24) is 10.6 Å². The maximum Gasteiger partial charge on any atom is 0.328 e. The molecular formula is C15H20N2O4. The minimum absolute atomic E-state index is 0.276. The SMILES string of the molecule is CCCCCC(=O)NC(=O)NC(=O)c1ccc(OC)cc1. The van der Waals surface area contributed by atoms with Crippen molar-refractivity contribution in [2.75, 3.05) is 7.11 Å². The number of rotatable bonds is 6. The first-order valence-electron chi connectivity index (χ1n) is 6.86. The highest BCUT2D eigenvalue weighted by molar-refractivity contribution is 6.07. The maximum absolute atomic E-state index is 11.8. The van der Waals surface area contributed by atoms with Crippen molar-refractivity contribution in [3.8, 4) is 5.75 Å². The largest absolute Gasteiger partial charge is 0.497 e. The second kappa shape index (κ2) is 8.73. The zero-order valence-corrected chi connectivity index (χ0v) is 12.3. The summed E-state index contributed by atoms with van der Waals surface area (Å²) in [6, 6.07) is 5.48. The minimum Gasteiger partial charge on any atom is -0.497 e. The molecule has 2 N–H and O–H groups in total. The summed E-state index contributed by atoms with van der Waals surface area (Å²) in [5, 5.41) is 4.23. The number of nitrogens with one attached hydrogen (secondary N) is 2. The van der Waals surface area contributed by atoms with Crippen LogP contribution in [-0.2, 0) is 4.79 Å². The van der Waals surface area contributed by atoms with Crippen molar-refractivity contribution < 1.29 is 19.1 Å². The van der Waals surface area contributed by atoms with Crippen LogP contribution in [0.5, 0.6) is 5.75 Å². The number of hydrogen-bond donors (Lipinski definition) is 2. The molecule has 0 saturated carbocycles. The first-order chi connectivity index (χ1) is 10.1. The average Bonchev–Trinajstić information content (AvgIpc) is 2.47. The van der Waals surface area contributed by atoms with Crippen LogP contribution in [-0.4, -0.2) is 25.0 Å². The number of imide groups is 2. The molecule has 1 aromatic carbocycles. The predicted octanol–water partition coefficient (Wildman–Crippen LogP) is 2.24. The lowest BCUT2D eigenvalue weighted by atomic mass is 10.2. The smallest absolute Gasteiger partial charge is 0.328 e. The second-order valence-corrected chi connectivity index (χ2v) is 4.52. The van der Waals surface area contributed by atoms with Gasteiger partial charge in [-0.3, -0.25) is 20.2 Å². The monoisotopic (exact) mass is 292 g/mol. The lowest BCUT2D eigenvalue weighted by Gasteiger charge is -2.06. The van der Waals surface area contributed by atoms with E-state index in [9.17, 15) is 14.4 Å². The zero-order valence-electron chi connectivity index (χ0n) is 12.3. The van der Waals surface area contributed by atoms with Crippen LogP contribution in [0.4, 0.5) is 4.79 Å². The van der Waals surface area contributed by atoms with Crippen molar-refractivity contribution in [2.24, 2.45) is 0 Å². The van der Waals surface area contributed by atoms with E-state index < -0.39 is 11.9 Å². The highest BCUT2D eigenvalue weighted by atomic mass is 16.5. The quantitative estimate of drug-likeness (QED) is 0.787. The predicted molar refractivity (Wildman–Crippen MR) is 78.1 cm³/mol. The number of urea groups is 1. The Morgan fingerprint density at radius 1 is 1.05 bits per heavy atom. The van der Waals surface area contributed by atoms with Crippen molar-refractivity contribution in [2.45, 2.75) is 32.6 Å². The van der Waals surface area contributed by atoms with Gasteiger partial charge in [-0.15, -0.1) is 0 Å². The molecule has 0 aliphatic heterocycles. The molecule has 114 valence electrons. The minimum atomic E-state index is -0.808. The van der Waals surface area contributed by atoms with Gasteiger partial charge in [-0.05, 0) is 30.7 Å². The van der Waals surface area contributed by atoms with Gasteiger partial charge in [-0.25, -0.2) is 4.79 Å². The Morgan fingerprint density at radius 2 is 1.71 bits per heavy atom. The summed E-state index contributed by atoms with van der Waals surface area (Å²) in [7, 11) is 1.52. The van der Waals surface area contributed by atoms with Gasteiger partial charge in [0.15, 0.2) is 0 Å². The van der Waals surface area contributed by atoms with E-state index in [4.69, 9.17) is 4.74 Å². The third kappa shape index (κ3) is 6.07. The molecule has 21 heavy (non-hydrogen) atoms. The zero-order chi connectivity index (χ0) is 15.7. The van der Waals surface area contributed by atoms with Crippen LogP contribution in [0.1, 0.15) is 43.0 Å². The van der Waals surface area contributed by atoms with E-state index in [-0.39, 0.29) is 12.3 Å². The van der Waals surface area contributed by atoms with E-state index in [1.807, 2.05) is 6.92 Å². The fourth-order valence-electron chi connectivity index (χ4n) is 1.67. The van der Waals surface area contributed by atoms with Crippen molar-refractivity contribution in [3.05, 3.63) is 29.8 Å². The molecule has 0 saturated heterocycles. The van der Waals surface area contributed by atoms with Crippen LogP contribution in [0.2, 0.25) is 0 Å². The Hall–Kier alpha value is -2.37. The molecule has 4 amide bonds. The number of methoxy groups -OCH3 is 1. The Balaban J connectivity index is 2.42. The van der Waals surface area contributed by atoms with Gasteiger partial charge in [0.1, 0.15) is 5.75 Å². The van der Waals surface area contributed by atoms with Gasteiger partial charge in [0, 0.05) is 12.0 Å². The molecule has 0 fully saturated rings. The van der Waals surface area contributed by atoms with E-state index in [1.54, 1.807) is 12.1 Å². The van der Waals surface area contributed by atoms with Crippen LogP contribution >= 0.6 is 0 Å². The lowest BCUT2D eigenvalue weighted by Crippen LogP contribution is -2.42. The summed E-state index contributed by atoms with van der Waals surface area (Å²) in [5.41, 5.74) is 0.310. The van der Waals surface area contributed by atoms with E-state index in [2.05, 4.69) is 10.6 Å². The van der Waals surface area contributed by atoms with Crippen molar-refractivity contribution >= 4 is 17.8 Å². The number of ether oxygens (including phenoxy) is 1. The summed E-state index contributed by atoms with van der Waals surface area (Å²) >= 11 is 0. The summed E-state index contributed by atoms with van der Waals surface area (Å²) in [6.07, 6.45) is 2.93. The number of benzene rings is 1. The number of carbonyl (C=O) groups excluding carboxylic acids is 3. The third-order valence-corrected chi connectivity index (χ3v) is 2.84. The second-order valence-electron chi connectivity index (χ2n) is 4.52. The number of amides is 4. The molecule has 0 aliphatic rings. The Labute approximate surface area is 123 Å². The van der Waals surface area contributed by atoms with Gasteiger partial charge >= 0.3 is 6.03 Å². The van der Waals surface area contributed by atoms with E-state index >= 15 is 0 Å². The van der Waals surface area contributed by atoms with Crippen LogP contribution < -0.4 is 15.4 Å². The van der Waals surface area contributed by atoms with Gasteiger partial charge in [-0.2, -0.15) is 0 Å². The molecule has 1 rings (SSSR count). The van der Waals surface area contributed by atoms with Gasteiger partial charge < -0.3 is 4.74 Å². The third-order valence-electron chi connectivity index (χ3n) is 2.84. The first-order valence-corrected chi connectivity index (χ1v) is 6.86. The highest BCUT2D eigenvalue weighted by Crippen LogP contribution is 2.10. The number of unbranched alkanes of at least 4 members (excludes halogenated alkanes) is 2. The Bertz CT molecular complexity index is 497. The van der Waals surface area contributed by atoms with Crippen LogP contribution in [0.25, 0.3) is 0 Å². The van der Waals surface area contributed by atoms with Crippen molar-refractivity contribution in [3.63, 3.8) is 0 Å². The van der Waals surface area contributed by atoms with E-state index in [0.29, 0.717) is 11.3 Å². The molecule has 0 spiro atoms. The standard InChI is InChI=1S/C15H20N2O4/c1-3-4-5-6-13(18)16-15(20)17-14(19)11-7-9-12(21-2)10-8-11/h7-10H,3-6H2,1-2H3,(H2,16,17,18,19,20). The molecule has 6 nitrogen and oxygen atoms in total. The molecule has 0 bridgehead atoms. The molecule has 0 unspecified atom stereocenters. The molecule has 1 aromatic rings. The summed E-state index contributed by atoms with van der Waals surface area (Å²) < 4.78 is 4.97. The molecule has 0 aromatic heterocycles. The van der Waals surface area contributed by atoms with Crippen LogP contribution in [0.15, 0.2) is 24.3 Å². The maximum atomic E-state index is 11.8. The molecule has 0 aliphatic carbocycles.